The quantitative estimate of drug-likeness (QED) is 0.662. The first kappa shape index (κ1) is 10.4. The molecule has 0 bridgehead atoms. The van der Waals surface area contributed by atoms with Crippen molar-refractivity contribution in [1.29, 1.82) is 5.26 Å². The number of unbranched alkanes of at least 4 members (excludes halogenated alkanes) is 1. The molecule has 74 valence electrons. The predicted molar refractivity (Wildman–Crippen MR) is 53.5 cm³/mol. The molecule has 0 saturated heterocycles. The summed E-state index contributed by atoms with van der Waals surface area (Å²) in [6.07, 6.45) is 3.44. The summed E-state index contributed by atoms with van der Waals surface area (Å²) in [6, 6.07) is 3.68. The van der Waals surface area contributed by atoms with E-state index in [2.05, 4.69) is 15.5 Å². The van der Waals surface area contributed by atoms with E-state index >= 15 is 0 Å². The van der Waals surface area contributed by atoms with Gasteiger partial charge in [0.2, 0.25) is 0 Å². The van der Waals surface area contributed by atoms with Gasteiger partial charge in [-0.2, -0.15) is 10.4 Å². The van der Waals surface area contributed by atoms with Crippen LogP contribution in [-0.2, 0) is 0 Å². The van der Waals surface area contributed by atoms with Gasteiger partial charge >= 0.3 is 0 Å². The molecular formula is C9H13N5. The molecule has 0 aliphatic carbocycles. The number of hydrogen-bond donors (Lipinski definition) is 2. The Hall–Kier alpha value is -1.67. The van der Waals surface area contributed by atoms with Crippen molar-refractivity contribution in [1.82, 2.24) is 10.2 Å². The second-order valence-corrected chi connectivity index (χ2v) is 2.83. The van der Waals surface area contributed by atoms with Gasteiger partial charge in [-0.3, -0.25) is 0 Å². The number of hydrogen-bond acceptors (Lipinski definition) is 5. The maximum absolute atomic E-state index is 8.74. The molecule has 0 radical (unpaired) electrons. The van der Waals surface area contributed by atoms with Crippen LogP contribution in [0.1, 0.15) is 18.4 Å². The molecule has 0 aromatic carbocycles. The number of rotatable bonds is 5. The third-order valence-electron chi connectivity index (χ3n) is 1.76. The van der Waals surface area contributed by atoms with E-state index in [1.54, 1.807) is 6.07 Å². The van der Waals surface area contributed by atoms with Crippen LogP contribution in [0.2, 0.25) is 0 Å². The van der Waals surface area contributed by atoms with Crippen molar-refractivity contribution in [2.45, 2.75) is 12.8 Å². The van der Waals surface area contributed by atoms with Crippen LogP contribution < -0.4 is 11.1 Å². The summed E-state index contributed by atoms with van der Waals surface area (Å²) in [5, 5.41) is 19.3. The predicted octanol–water partition coefficient (Wildman–Crippen LogP) is 0.499. The molecule has 5 nitrogen and oxygen atoms in total. The maximum Gasteiger partial charge on any atom is 0.166 e. The van der Waals surface area contributed by atoms with Gasteiger partial charge in [-0.1, -0.05) is 0 Å². The SMILES string of the molecule is N#Cc1ccnnc1NCCCCN. The highest BCUT2D eigenvalue weighted by Gasteiger charge is 2.00. The highest BCUT2D eigenvalue weighted by atomic mass is 15.2. The van der Waals surface area contributed by atoms with E-state index in [0.717, 1.165) is 19.4 Å². The topological polar surface area (TPSA) is 87.6 Å². The van der Waals surface area contributed by atoms with Gasteiger partial charge in [0, 0.05) is 6.54 Å². The third-order valence-corrected chi connectivity index (χ3v) is 1.76. The van der Waals surface area contributed by atoms with Crippen LogP contribution in [0.25, 0.3) is 0 Å². The molecule has 0 saturated carbocycles. The van der Waals surface area contributed by atoms with E-state index in [1.165, 1.54) is 6.20 Å². The van der Waals surface area contributed by atoms with Crippen LogP contribution in [0.15, 0.2) is 12.3 Å². The van der Waals surface area contributed by atoms with Crippen LogP contribution in [-0.4, -0.2) is 23.3 Å². The molecule has 0 amide bonds. The number of anilines is 1. The minimum atomic E-state index is 0.521. The molecule has 1 aromatic heterocycles. The summed E-state index contributed by atoms with van der Waals surface area (Å²) in [5.41, 5.74) is 5.88. The number of nitrogens with zero attached hydrogens (tertiary/aromatic N) is 3. The van der Waals surface area contributed by atoms with Crippen molar-refractivity contribution in [3.8, 4) is 6.07 Å². The Kier molecular flexibility index (Phi) is 4.38. The van der Waals surface area contributed by atoms with Crippen molar-refractivity contribution in [3.63, 3.8) is 0 Å². The molecule has 3 N–H and O–H groups in total. The van der Waals surface area contributed by atoms with Gasteiger partial charge in [0.1, 0.15) is 6.07 Å². The molecule has 0 unspecified atom stereocenters. The first-order valence-corrected chi connectivity index (χ1v) is 4.54. The maximum atomic E-state index is 8.74. The smallest absolute Gasteiger partial charge is 0.166 e. The Morgan fingerprint density at radius 1 is 1.50 bits per heavy atom. The van der Waals surface area contributed by atoms with Crippen molar-refractivity contribution >= 4 is 5.82 Å². The van der Waals surface area contributed by atoms with E-state index in [1.807, 2.05) is 6.07 Å². The summed E-state index contributed by atoms with van der Waals surface area (Å²) >= 11 is 0. The minimum Gasteiger partial charge on any atom is -0.367 e. The molecule has 14 heavy (non-hydrogen) atoms. The number of nitrogens with two attached hydrogens (primary N) is 1. The summed E-state index contributed by atoms with van der Waals surface area (Å²) in [4.78, 5) is 0. The zero-order valence-corrected chi connectivity index (χ0v) is 7.90. The summed E-state index contributed by atoms with van der Waals surface area (Å²) in [5.74, 6) is 0.548. The molecular weight excluding hydrogens is 178 g/mol. The van der Waals surface area contributed by atoms with Crippen LogP contribution in [0, 0.1) is 11.3 Å². The second kappa shape index (κ2) is 5.89. The standard InChI is InChI=1S/C9H13N5/c10-4-1-2-5-12-9-8(7-11)3-6-13-14-9/h3,6H,1-2,4-5,10H2,(H,12,14). The van der Waals surface area contributed by atoms with E-state index in [4.69, 9.17) is 11.0 Å². The lowest BCUT2D eigenvalue weighted by molar-refractivity contribution is 0.770. The van der Waals surface area contributed by atoms with Gasteiger partial charge < -0.3 is 11.1 Å². The average Bonchev–Trinajstić information content (AvgIpc) is 2.25. The van der Waals surface area contributed by atoms with Crippen molar-refractivity contribution in [2.24, 2.45) is 5.73 Å². The molecule has 5 heteroatoms. The van der Waals surface area contributed by atoms with E-state index in [-0.39, 0.29) is 0 Å². The van der Waals surface area contributed by atoms with Crippen LogP contribution >= 0.6 is 0 Å². The Labute approximate surface area is 82.9 Å². The molecule has 1 aromatic rings. The van der Waals surface area contributed by atoms with E-state index < -0.39 is 0 Å². The van der Waals surface area contributed by atoms with Crippen molar-refractivity contribution in [2.75, 3.05) is 18.4 Å². The van der Waals surface area contributed by atoms with E-state index in [9.17, 15) is 0 Å². The molecule has 0 aliphatic rings. The third kappa shape index (κ3) is 2.99. The largest absolute Gasteiger partial charge is 0.367 e. The second-order valence-electron chi connectivity index (χ2n) is 2.83. The average molecular weight is 191 g/mol. The van der Waals surface area contributed by atoms with Gasteiger partial charge in [-0.25, -0.2) is 0 Å². The molecule has 0 fully saturated rings. The molecule has 0 aliphatic heterocycles. The van der Waals surface area contributed by atoms with Gasteiger partial charge in [0.15, 0.2) is 5.82 Å². The fraction of sp³-hybridized carbons (Fsp3) is 0.444. The Morgan fingerprint density at radius 3 is 3.07 bits per heavy atom. The van der Waals surface area contributed by atoms with Crippen LogP contribution in [0.4, 0.5) is 5.82 Å². The lowest BCUT2D eigenvalue weighted by Crippen LogP contribution is -2.08. The van der Waals surface area contributed by atoms with Gasteiger partial charge in [-0.05, 0) is 25.5 Å². The minimum absolute atomic E-state index is 0.521. The number of aromatic nitrogens is 2. The summed E-state index contributed by atoms with van der Waals surface area (Å²) in [6.45, 7) is 1.46. The van der Waals surface area contributed by atoms with E-state index in [0.29, 0.717) is 17.9 Å². The molecule has 1 rings (SSSR count). The fourth-order valence-corrected chi connectivity index (χ4v) is 1.03. The first-order valence-electron chi connectivity index (χ1n) is 4.54. The van der Waals surface area contributed by atoms with Gasteiger partial charge in [0.25, 0.3) is 0 Å². The zero-order chi connectivity index (χ0) is 10.2. The van der Waals surface area contributed by atoms with Crippen molar-refractivity contribution < 1.29 is 0 Å². The molecule has 0 atom stereocenters. The van der Waals surface area contributed by atoms with Crippen molar-refractivity contribution in [3.05, 3.63) is 17.8 Å². The number of nitrogens with one attached hydrogen (secondary N) is 1. The monoisotopic (exact) mass is 191 g/mol. The van der Waals surface area contributed by atoms with Gasteiger partial charge in [0.05, 0.1) is 11.8 Å². The Bertz CT molecular complexity index is 317. The Morgan fingerprint density at radius 2 is 2.36 bits per heavy atom. The van der Waals surface area contributed by atoms with Crippen LogP contribution in [0.5, 0.6) is 0 Å². The number of nitriles is 1. The Balaban J connectivity index is 2.46. The lowest BCUT2D eigenvalue weighted by atomic mass is 10.3. The summed E-state index contributed by atoms with van der Waals surface area (Å²) in [7, 11) is 0. The lowest BCUT2D eigenvalue weighted by Gasteiger charge is -2.04. The zero-order valence-electron chi connectivity index (χ0n) is 7.90. The first-order chi connectivity index (χ1) is 6.88. The highest BCUT2D eigenvalue weighted by Crippen LogP contribution is 2.07. The summed E-state index contributed by atoms with van der Waals surface area (Å²) < 4.78 is 0. The normalized spacial score (nSPS) is 9.43. The molecule has 0 spiro atoms. The van der Waals surface area contributed by atoms with Crippen LogP contribution in [0.3, 0.4) is 0 Å². The fourth-order valence-electron chi connectivity index (χ4n) is 1.03. The van der Waals surface area contributed by atoms with Gasteiger partial charge in [-0.15, -0.1) is 5.10 Å². The molecule has 1 heterocycles. The highest BCUT2D eigenvalue weighted by molar-refractivity contribution is 5.49.